The van der Waals surface area contributed by atoms with Gasteiger partial charge in [-0.15, -0.1) is 0 Å². The number of benzene rings is 1. The summed E-state index contributed by atoms with van der Waals surface area (Å²) in [6, 6.07) is 8.77. The number of rotatable bonds is 3. The molecule has 1 heterocycles. The molecule has 0 aliphatic carbocycles. The van der Waals surface area contributed by atoms with Gasteiger partial charge in [0, 0.05) is 17.1 Å². The van der Waals surface area contributed by atoms with Gasteiger partial charge in [-0.2, -0.15) is 0 Å². The molecular weight excluding hydrogens is 302 g/mol. The fraction of sp³-hybridized carbons (Fsp3) is 0.625. The molecule has 2 nitrogen and oxygen atoms in total. The zero-order chi connectivity index (χ0) is 14.0. The molecule has 0 bridgehead atoms. The van der Waals surface area contributed by atoms with Crippen molar-refractivity contribution in [3.8, 4) is 0 Å². The lowest BCUT2D eigenvalue weighted by Gasteiger charge is -2.44. The van der Waals surface area contributed by atoms with Gasteiger partial charge in [0.1, 0.15) is 0 Å². The first-order valence-electron chi connectivity index (χ1n) is 7.06. The van der Waals surface area contributed by atoms with Gasteiger partial charge in [0.05, 0.1) is 11.7 Å². The second kappa shape index (κ2) is 5.94. The summed E-state index contributed by atoms with van der Waals surface area (Å²) in [6.45, 7) is 9.84. The molecule has 1 aliphatic heterocycles. The van der Waals surface area contributed by atoms with Crippen LogP contribution in [0, 0.1) is 5.92 Å². The summed E-state index contributed by atoms with van der Waals surface area (Å²) < 4.78 is 7.56. The SMILES string of the molecule is CC(C)CC1(C)CNC(C)C(c2cccc(Br)c2)O1. The van der Waals surface area contributed by atoms with Crippen molar-refractivity contribution in [2.75, 3.05) is 6.54 Å². The van der Waals surface area contributed by atoms with E-state index >= 15 is 0 Å². The van der Waals surface area contributed by atoms with Crippen molar-refractivity contribution in [2.24, 2.45) is 5.92 Å². The first-order valence-corrected chi connectivity index (χ1v) is 7.85. The van der Waals surface area contributed by atoms with Crippen molar-refractivity contribution in [3.05, 3.63) is 34.3 Å². The van der Waals surface area contributed by atoms with Gasteiger partial charge in [-0.1, -0.05) is 41.9 Å². The Labute approximate surface area is 125 Å². The van der Waals surface area contributed by atoms with Gasteiger partial charge in [0.25, 0.3) is 0 Å². The molecule has 1 aromatic rings. The summed E-state index contributed by atoms with van der Waals surface area (Å²) in [5, 5.41) is 3.61. The van der Waals surface area contributed by atoms with Crippen LogP contribution >= 0.6 is 15.9 Å². The van der Waals surface area contributed by atoms with E-state index in [1.807, 2.05) is 0 Å². The minimum Gasteiger partial charge on any atom is -0.364 e. The van der Waals surface area contributed by atoms with Crippen LogP contribution in [0.5, 0.6) is 0 Å². The Morgan fingerprint density at radius 1 is 1.47 bits per heavy atom. The maximum Gasteiger partial charge on any atom is 0.0983 e. The highest BCUT2D eigenvalue weighted by Crippen LogP contribution is 2.35. The van der Waals surface area contributed by atoms with E-state index in [-0.39, 0.29) is 11.7 Å². The highest BCUT2D eigenvalue weighted by atomic mass is 79.9. The molecule has 0 amide bonds. The minimum absolute atomic E-state index is 0.0757. The minimum atomic E-state index is -0.0757. The van der Waals surface area contributed by atoms with Gasteiger partial charge in [-0.3, -0.25) is 0 Å². The lowest BCUT2D eigenvalue weighted by Crippen LogP contribution is -2.53. The largest absolute Gasteiger partial charge is 0.364 e. The lowest BCUT2D eigenvalue weighted by atomic mass is 9.90. The number of morpholine rings is 1. The quantitative estimate of drug-likeness (QED) is 0.894. The average Bonchev–Trinajstić information content (AvgIpc) is 2.31. The van der Waals surface area contributed by atoms with Crippen molar-refractivity contribution in [1.82, 2.24) is 5.32 Å². The topological polar surface area (TPSA) is 21.3 Å². The summed E-state index contributed by atoms with van der Waals surface area (Å²) >= 11 is 3.54. The van der Waals surface area contributed by atoms with E-state index in [4.69, 9.17) is 4.74 Å². The number of ether oxygens (including phenoxy) is 1. The van der Waals surface area contributed by atoms with Crippen LogP contribution in [0.2, 0.25) is 0 Å². The molecule has 1 aromatic carbocycles. The number of hydrogen-bond acceptors (Lipinski definition) is 2. The van der Waals surface area contributed by atoms with Crippen LogP contribution in [-0.2, 0) is 4.74 Å². The van der Waals surface area contributed by atoms with Crippen LogP contribution in [-0.4, -0.2) is 18.2 Å². The maximum atomic E-state index is 6.45. The Morgan fingerprint density at radius 2 is 2.21 bits per heavy atom. The molecule has 1 N–H and O–H groups in total. The van der Waals surface area contributed by atoms with Gasteiger partial charge in [0.15, 0.2) is 0 Å². The van der Waals surface area contributed by atoms with Crippen LogP contribution in [0.25, 0.3) is 0 Å². The molecule has 3 unspecified atom stereocenters. The normalized spacial score (nSPS) is 31.7. The molecule has 3 heteroatoms. The molecule has 1 saturated heterocycles. The third-order valence-electron chi connectivity index (χ3n) is 3.68. The summed E-state index contributed by atoms with van der Waals surface area (Å²) in [4.78, 5) is 0. The third-order valence-corrected chi connectivity index (χ3v) is 4.17. The Bertz CT molecular complexity index is 435. The molecule has 1 aliphatic rings. The van der Waals surface area contributed by atoms with Crippen molar-refractivity contribution in [3.63, 3.8) is 0 Å². The predicted octanol–water partition coefficient (Wildman–Crippen LogP) is 4.30. The maximum absolute atomic E-state index is 6.45. The molecule has 19 heavy (non-hydrogen) atoms. The molecule has 0 spiro atoms. The highest BCUT2D eigenvalue weighted by molar-refractivity contribution is 9.10. The summed E-state index contributed by atoms with van der Waals surface area (Å²) in [7, 11) is 0. The average molecular weight is 326 g/mol. The fourth-order valence-corrected chi connectivity index (χ4v) is 3.38. The first-order chi connectivity index (χ1) is 8.89. The Balaban J connectivity index is 2.19. The zero-order valence-corrected chi connectivity index (χ0v) is 13.8. The molecule has 2 rings (SSSR count). The van der Waals surface area contributed by atoms with E-state index in [0.717, 1.165) is 17.4 Å². The van der Waals surface area contributed by atoms with Crippen molar-refractivity contribution in [1.29, 1.82) is 0 Å². The van der Waals surface area contributed by atoms with E-state index in [2.05, 4.69) is 73.2 Å². The van der Waals surface area contributed by atoms with Crippen LogP contribution < -0.4 is 5.32 Å². The Hall–Kier alpha value is -0.380. The second-order valence-electron chi connectivity index (χ2n) is 6.31. The number of nitrogens with one attached hydrogen (secondary N) is 1. The summed E-state index contributed by atoms with van der Waals surface area (Å²) in [5.74, 6) is 0.642. The fourth-order valence-electron chi connectivity index (χ4n) is 2.96. The van der Waals surface area contributed by atoms with Crippen LogP contribution in [0.3, 0.4) is 0 Å². The van der Waals surface area contributed by atoms with Gasteiger partial charge in [0.2, 0.25) is 0 Å². The van der Waals surface area contributed by atoms with Gasteiger partial charge in [-0.05, 0) is 43.9 Å². The molecule has 3 atom stereocenters. The molecule has 106 valence electrons. The van der Waals surface area contributed by atoms with Crippen molar-refractivity contribution >= 4 is 15.9 Å². The highest BCUT2D eigenvalue weighted by Gasteiger charge is 2.37. The van der Waals surface area contributed by atoms with E-state index in [9.17, 15) is 0 Å². The lowest BCUT2D eigenvalue weighted by molar-refractivity contribution is -0.133. The Kier molecular flexibility index (Phi) is 4.70. The van der Waals surface area contributed by atoms with Crippen molar-refractivity contribution < 1.29 is 4.74 Å². The second-order valence-corrected chi connectivity index (χ2v) is 7.23. The number of hydrogen-bond donors (Lipinski definition) is 1. The van der Waals surface area contributed by atoms with Crippen LogP contribution in [0.1, 0.15) is 45.8 Å². The van der Waals surface area contributed by atoms with E-state index in [1.54, 1.807) is 0 Å². The van der Waals surface area contributed by atoms with E-state index < -0.39 is 0 Å². The zero-order valence-electron chi connectivity index (χ0n) is 12.2. The first kappa shape index (κ1) is 15.0. The summed E-state index contributed by atoms with van der Waals surface area (Å²) in [6.07, 6.45) is 1.20. The third kappa shape index (κ3) is 3.80. The van der Waals surface area contributed by atoms with Crippen LogP contribution in [0.4, 0.5) is 0 Å². The molecule has 0 aromatic heterocycles. The summed E-state index contributed by atoms with van der Waals surface area (Å²) in [5.41, 5.74) is 1.16. The number of halogens is 1. The Morgan fingerprint density at radius 3 is 2.84 bits per heavy atom. The molecular formula is C16H24BrNO. The van der Waals surface area contributed by atoms with Crippen LogP contribution in [0.15, 0.2) is 28.7 Å². The predicted molar refractivity (Wildman–Crippen MR) is 83.3 cm³/mol. The molecule has 1 fully saturated rings. The van der Waals surface area contributed by atoms with Crippen molar-refractivity contribution in [2.45, 2.75) is 51.9 Å². The molecule has 0 saturated carbocycles. The monoisotopic (exact) mass is 325 g/mol. The van der Waals surface area contributed by atoms with Gasteiger partial charge in [-0.25, -0.2) is 0 Å². The standard InChI is InChI=1S/C16H24BrNO/c1-11(2)9-16(4)10-18-12(3)15(19-16)13-6-5-7-14(17)8-13/h5-8,11-12,15,18H,9-10H2,1-4H3. The van der Waals surface area contributed by atoms with E-state index in [1.165, 1.54) is 5.56 Å². The molecule has 0 radical (unpaired) electrons. The van der Waals surface area contributed by atoms with E-state index in [0.29, 0.717) is 12.0 Å². The van der Waals surface area contributed by atoms with Gasteiger partial charge >= 0.3 is 0 Å². The smallest absolute Gasteiger partial charge is 0.0983 e. The van der Waals surface area contributed by atoms with Gasteiger partial charge < -0.3 is 10.1 Å².